The summed E-state index contributed by atoms with van der Waals surface area (Å²) in [5.41, 5.74) is 5.60. The molecule has 0 bridgehead atoms. The van der Waals surface area contributed by atoms with Crippen molar-refractivity contribution in [1.29, 1.82) is 0 Å². The maximum atomic E-state index is 12.2. The molecule has 1 atom stereocenters. The number of carbonyl (C=O) groups excluding carboxylic acids is 1. The standard InChI is InChI=1S/C13H17ClN2O3S.ClH/c14-10-3-5-12(6-4-10)20(18,19)9-13(17)16-7-1-2-11(16)8-15;/h3-6,11H,1-2,7-9,15H2;1H. The zero-order chi connectivity index (χ0) is 14.8. The van der Waals surface area contributed by atoms with Crippen LogP contribution in [0.3, 0.4) is 0 Å². The van der Waals surface area contributed by atoms with Gasteiger partial charge in [-0.05, 0) is 37.1 Å². The minimum absolute atomic E-state index is 0. The Bertz CT molecular complexity index is 590. The van der Waals surface area contributed by atoms with E-state index >= 15 is 0 Å². The van der Waals surface area contributed by atoms with E-state index in [9.17, 15) is 13.2 Å². The van der Waals surface area contributed by atoms with Crippen LogP contribution in [-0.4, -0.2) is 44.1 Å². The normalized spacial score (nSPS) is 18.4. The molecule has 118 valence electrons. The lowest BCUT2D eigenvalue weighted by atomic mass is 10.2. The minimum Gasteiger partial charge on any atom is -0.338 e. The molecule has 0 spiro atoms. The van der Waals surface area contributed by atoms with Gasteiger partial charge in [0, 0.05) is 24.2 Å². The second-order valence-corrected chi connectivity index (χ2v) is 7.26. The fourth-order valence-corrected chi connectivity index (χ4v) is 3.71. The number of sulfone groups is 1. The first-order chi connectivity index (χ1) is 9.44. The maximum Gasteiger partial charge on any atom is 0.238 e. The zero-order valence-corrected chi connectivity index (χ0v) is 13.8. The van der Waals surface area contributed by atoms with Crippen molar-refractivity contribution in [3.63, 3.8) is 0 Å². The zero-order valence-electron chi connectivity index (χ0n) is 11.4. The summed E-state index contributed by atoms with van der Waals surface area (Å²) in [5, 5.41) is 0.456. The van der Waals surface area contributed by atoms with E-state index in [1.165, 1.54) is 24.3 Å². The smallest absolute Gasteiger partial charge is 0.238 e. The lowest BCUT2D eigenvalue weighted by molar-refractivity contribution is -0.129. The average Bonchev–Trinajstić information content (AvgIpc) is 2.87. The van der Waals surface area contributed by atoms with E-state index in [-0.39, 0.29) is 29.3 Å². The number of nitrogens with zero attached hydrogens (tertiary/aromatic N) is 1. The Morgan fingerprint density at radius 2 is 1.95 bits per heavy atom. The van der Waals surface area contributed by atoms with Gasteiger partial charge < -0.3 is 10.6 Å². The van der Waals surface area contributed by atoms with Crippen LogP contribution in [0.4, 0.5) is 0 Å². The number of carbonyl (C=O) groups is 1. The first kappa shape index (κ1) is 18.2. The highest BCUT2D eigenvalue weighted by atomic mass is 35.5. The maximum absolute atomic E-state index is 12.2. The third kappa shape index (κ3) is 4.32. The molecule has 1 aliphatic rings. The summed E-state index contributed by atoms with van der Waals surface area (Å²) in [6.45, 7) is 0.948. The summed E-state index contributed by atoms with van der Waals surface area (Å²) in [5.74, 6) is -0.904. The van der Waals surface area contributed by atoms with Crippen LogP contribution in [0.5, 0.6) is 0 Å². The highest BCUT2D eigenvalue weighted by Gasteiger charge is 2.30. The first-order valence-electron chi connectivity index (χ1n) is 6.42. The van der Waals surface area contributed by atoms with Gasteiger partial charge in [0.25, 0.3) is 0 Å². The van der Waals surface area contributed by atoms with Crippen molar-refractivity contribution in [2.24, 2.45) is 5.73 Å². The first-order valence-corrected chi connectivity index (χ1v) is 8.45. The summed E-state index contributed by atoms with van der Waals surface area (Å²) in [6.07, 6.45) is 1.71. The Morgan fingerprint density at radius 3 is 2.52 bits per heavy atom. The fraction of sp³-hybridized carbons (Fsp3) is 0.462. The Hall–Kier alpha value is -0.820. The Balaban J connectivity index is 0.00000220. The molecule has 0 aliphatic carbocycles. The van der Waals surface area contributed by atoms with Crippen molar-refractivity contribution in [3.8, 4) is 0 Å². The van der Waals surface area contributed by atoms with Crippen LogP contribution in [0, 0.1) is 0 Å². The third-order valence-electron chi connectivity index (χ3n) is 3.46. The van der Waals surface area contributed by atoms with Gasteiger partial charge in [-0.1, -0.05) is 11.6 Å². The highest BCUT2D eigenvalue weighted by molar-refractivity contribution is 7.92. The van der Waals surface area contributed by atoms with Gasteiger partial charge in [-0.2, -0.15) is 0 Å². The van der Waals surface area contributed by atoms with E-state index in [2.05, 4.69) is 0 Å². The number of hydrogen-bond acceptors (Lipinski definition) is 4. The quantitative estimate of drug-likeness (QED) is 0.889. The highest BCUT2D eigenvalue weighted by Crippen LogP contribution is 2.19. The van der Waals surface area contributed by atoms with Gasteiger partial charge in [0.15, 0.2) is 9.84 Å². The molecule has 0 aromatic heterocycles. The molecule has 1 saturated heterocycles. The molecule has 8 heteroatoms. The number of benzene rings is 1. The molecule has 1 aromatic rings. The molecular formula is C13H18Cl2N2O3S. The molecule has 1 heterocycles. The monoisotopic (exact) mass is 352 g/mol. The Labute approximate surface area is 135 Å². The minimum atomic E-state index is -3.64. The second kappa shape index (κ2) is 7.45. The molecule has 0 radical (unpaired) electrons. The summed E-state index contributed by atoms with van der Waals surface area (Å²) in [4.78, 5) is 13.8. The summed E-state index contributed by atoms with van der Waals surface area (Å²) < 4.78 is 24.4. The van der Waals surface area contributed by atoms with Gasteiger partial charge in [0.1, 0.15) is 5.75 Å². The van der Waals surface area contributed by atoms with Gasteiger partial charge in [-0.3, -0.25) is 4.79 Å². The number of likely N-dealkylation sites (tertiary alicyclic amines) is 1. The van der Waals surface area contributed by atoms with Gasteiger partial charge >= 0.3 is 0 Å². The molecular weight excluding hydrogens is 335 g/mol. The van der Waals surface area contributed by atoms with Gasteiger partial charge in [-0.25, -0.2) is 8.42 Å². The number of amides is 1. The summed E-state index contributed by atoms with van der Waals surface area (Å²) >= 11 is 5.73. The number of halogens is 2. The molecule has 2 rings (SSSR count). The number of rotatable bonds is 4. The van der Waals surface area contributed by atoms with Gasteiger partial charge in [0.2, 0.25) is 5.91 Å². The van der Waals surface area contributed by atoms with E-state index in [1.807, 2.05) is 0 Å². The molecule has 1 aromatic carbocycles. The molecule has 21 heavy (non-hydrogen) atoms. The second-order valence-electron chi connectivity index (χ2n) is 4.83. The van der Waals surface area contributed by atoms with Crippen molar-refractivity contribution < 1.29 is 13.2 Å². The molecule has 5 nitrogen and oxygen atoms in total. The number of hydrogen-bond donors (Lipinski definition) is 1. The van der Waals surface area contributed by atoms with E-state index < -0.39 is 15.6 Å². The molecule has 1 amide bonds. The molecule has 0 saturated carbocycles. The Morgan fingerprint density at radius 1 is 1.33 bits per heavy atom. The van der Waals surface area contributed by atoms with Crippen LogP contribution in [0.15, 0.2) is 29.2 Å². The average molecular weight is 353 g/mol. The van der Waals surface area contributed by atoms with E-state index in [4.69, 9.17) is 17.3 Å². The SMILES string of the molecule is Cl.NCC1CCCN1C(=O)CS(=O)(=O)c1ccc(Cl)cc1. The topological polar surface area (TPSA) is 80.5 Å². The lowest BCUT2D eigenvalue weighted by Gasteiger charge is -2.23. The van der Waals surface area contributed by atoms with Gasteiger partial charge in [-0.15, -0.1) is 12.4 Å². The van der Waals surface area contributed by atoms with Crippen molar-refractivity contribution in [3.05, 3.63) is 29.3 Å². The Kier molecular flexibility index (Phi) is 6.46. The van der Waals surface area contributed by atoms with Crippen molar-refractivity contribution in [2.75, 3.05) is 18.8 Å². The van der Waals surface area contributed by atoms with Crippen molar-refractivity contribution in [1.82, 2.24) is 4.90 Å². The predicted octanol–water partition coefficient (Wildman–Crippen LogP) is 1.49. The van der Waals surface area contributed by atoms with Crippen molar-refractivity contribution in [2.45, 2.75) is 23.8 Å². The fourth-order valence-electron chi connectivity index (χ4n) is 2.38. The molecule has 2 N–H and O–H groups in total. The van der Waals surface area contributed by atoms with E-state index in [0.29, 0.717) is 18.1 Å². The predicted molar refractivity (Wildman–Crippen MR) is 84.5 cm³/mol. The van der Waals surface area contributed by atoms with E-state index in [1.54, 1.807) is 4.90 Å². The van der Waals surface area contributed by atoms with Crippen LogP contribution in [0.25, 0.3) is 0 Å². The summed E-state index contributed by atoms with van der Waals surface area (Å²) in [6, 6.07) is 5.78. The lowest BCUT2D eigenvalue weighted by Crippen LogP contribution is -2.42. The van der Waals surface area contributed by atoms with E-state index in [0.717, 1.165) is 12.8 Å². The van der Waals surface area contributed by atoms with Crippen LogP contribution in [0.1, 0.15) is 12.8 Å². The number of nitrogens with two attached hydrogens (primary N) is 1. The van der Waals surface area contributed by atoms with Crippen molar-refractivity contribution >= 4 is 39.8 Å². The van der Waals surface area contributed by atoms with Crippen LogP contribution in [-0.2, 0) is 14.6 Å². The van der Waals surface area contributed by atoms with Crippen LogP contribution in [0.2, 0.25) is 5.02 Å². The van der Waals surface area contributed by atoms with Crippen LogP contribution < -0.4 is 5.73 Å². The largest absolute Gasteiger partial charge is 0.338 e. The molecule has 1 aliphatic heterocycles. The third-order valence-corrected chi connectivity index (χ3v) is 5.33. The van der Waals surface area contributed by atoms with Crippen LogP contribution >= 0.6 is 24.0 Å². The molecule has 1 fully saturated rings. The molecule has 1 unspecified atom stereocenters. The van der Waals surface area contributed by atoms with Gasteiger partial charge in [0.05, 0.1) is 4.90 Å². The summed E-state index contributed by atoms with van der Waals surface area (Å²) in [7, 11) is -3.64.